The molecule has 3 aromatic rings. The Bertz CT molecular complexity index is 3220. The molecule has 2 aromatic heterocycles. The molecule has 4 heterocycles. The summed E-state index contributed by atoms with van der Waals surface area (Å²) in [5.41, 5.74) is 0.967. The van der Waals surface area contributed by atoms with Gasteiger partial charge < -0.3 is 52.3 Å². The molecule has 3 aliphatic carbocycles. The van der Waals surface area contributed by atoms with Gasteiger partial charge in [-0.05, 0) is 118 Å². The lowest BCUT2D eigenvalue weighted by atomic mass is 9.92. The van der Waals surface area contributed by atoms with Gasteiger partial charge in [-0.2, -0.15) is 0 Å². The lowest BCUT2D eigenvalue weighted by molar-refractivity contribution is -0.145. The van der Waals surface area contributed by atoms with E-state index in [1.807, 2.05) is 71.9 Å². The van der Waals surface area contributed by atoms with E-state index in [0.717, 1.165) is 63.4 Å². The van der Waals surface area contributed by atoms with Crippen LogP contribution in [0, 0.1) is 47.3 Å². The third-order valence-corrected chi connectivity index (χ3v) is 19.4. The minimum absolute atomic E-state index is 0.00424. The van der Waals surface area contributed by atoms with Crippen molar-refractivity contribution < 1.29 is 57.5 Å². The minimum Gasteiger partial charge on any atom is -0.347 e. The zero-order valence-electron chi connectivity index (χ0n) is 57.4. The Morgan fingerprint density at radius 3 is 1.24 bits per heavy atom. The molecule has 96 heavy (non-hydrogen) atoms. The summed E-state index contributed by atoms with van der Waals surface area (Å²) in [6, 6.07) is 1.28. The Balaban J connectivity index is 0.000000272. The first kappa shape index (κ1) is 74.8. The molecule has 13 atom stereocenters. The highest BCUT2D eigenvalue weighted by molar-refractivity contribution is 6.39. The van der Waals surface area contributed by atoms with E-state index in [2.05, 4.69) is 62.5 Å². The lowest BCUT2D eigenvalue weighted by Crippen LogP contribution is -2.60. The number of nitrogens with one attached hydrogen (secondary N) is 8. The van der Waals surface area contributed by atoms with Crippen LogP contribution in [0.3, 0.4) is 0 Å². The number of rotatable bonds is 29. The number of aromatic nitrogens is 4. The second-order valence-electron chi connectivity index (χ2n) is 27.7. The fraction of sp³-hybridized carbons (Fsp3) is 0.629. The van der Waals surface area contributed by atoms with E-state index in [4.69, 9.17) is 0 Å². The van der Waals surface area contributed by atoms with Crippen LogP contribution in [0.25, 0.3) is 0 Å². The Morgan fingerprint density at radius 2 is 0.875 bits per heavy atom. The fourth-order valence-electron chi connectivity index (χ4n) is 13.8. The van der Waals surface area contributed by atoms with Crippen molar-refractivity contribution >= 4 is 70.6 Å². The number of Topliss-reactive ketones (excluding diaryl/α,β-unsaturated/α-hetero) is 2. The Labute approximate surface area is 563 Å². The second kappa shape index (κ2) is 34.9. The standard InChI is InChI=1S/C37H51N7O6.C33H49N7O6/c1-7-12-27(32(45)36(49)40-23(6)24-13-9-8-10-14-24)41-35(48)31-26-16-11-15-25(26)20-44(31)37(50)30(22(4)5)43-34(47)29(21(2)3)42-33(46)28-19-38-17-18-39-28;1-6-9-23(28(41)32(45)36-21-11-8-12-21)37-31(44)27-22-13-7-10-20(22)17-40(27)33(46)26(19(4)5)39-30(43)25(18(2)3)38-29(42)24-16-34-14-15-35-24/h8-10,13-14,17-19,21-23,25-27,29-31H,7,11-12,15-16,20H2,1-6H3,(H,40,49)(H,41,48)(H,42,46)(H,43,47);14-16,18-23,25-27H,6-13,17H2,1-5H3,(H,36,45)(H,37,44)(H,38,42)(H,39,43)/t23-,25-,26-,27?,29-,30-,31-;20-,22-,23?,25-,26-,27-/m00/s1. The number of benzene rings is 1. The van der Waals surface area contributed by atoms with Gasteiger partial charge in [0.25, 0.3) is 23.6 Å². The maximum Gasteiger partial charge on any atom is 0.290 e. The molecule has 26 heteroatoms. The van der Waals surface area contributed by atoms with Crippen molar-refractivity contribution in [1.82, 2.24) is 72.3 Å². The monoisotopic (exact) mass is 1330 g/mol. The van der Waals surface area contributed by atoms with Gasteiger partial charge in [-0.1, -0.05) is 125 Å². The minimum atomic E-state index is -1.06. The van der Waals surface area contributed by atoms with E-state index in [1.54, 1.807) is 44.4 Å². The number of amides is 10. The molecule has 2 aliphatic heterocycles. The molecule has 2 saturated heterocycles. The number of likely N-dealkylation sites (tertiary alicyclic amines) is 2. The summed E-state index contributed by atoms with van der Waals surface area (Å²) in [6.07, 6.45) is 17.7. The summed E-state index contributed by atoms with van der Waals surface area (Å²) in [5, 5.41) is 22.3. The van der Waals surface area contributed by atoms with Gasteiger partial charge in [0, 0.05) is 43.9 Å². The zero-order chi connectivity index (χ0) is 70.1. The normalized spacial score (nSPS) is 21.7. The molecular weight excluding hydrogens is 1230 g/mol. The molecule has 1 aromatic carbocycles. The average molecular weight is 1330 g/mol. The first-order chi connectivity index (χ1) is 45.8. The van der Waals surface area contributed by atoms with E-state index in [9.17, 15) is 57.5 Å². The largest absolute Gasteiger partial charge is 0.347 e. The average Bonchev–Trinajstić information content (AvgIpc) is 1.63. The van der Waals surface area contributed by atoms with Crippen LogP contribution in [0.2, 0.25) is 0 Å². The molecule has 10 amide bonds. The lowest BCUT2D eigenvalue weighted by Gasteiger charge is -2.34. The topological polar surface area (TPSA) is 359 Å². The number of nitrogens with zero attached hydrogens (tertiary/aromatic N) is 6. The van der Waals surface area contributed by atoms with Crippen LogP contribution >= 0.6 is 0 Å². The Kier molecular flexibility index (Phi) is 27.2. The van der Waals surface area contributed by atoms with Gasteiger partial charge in [0.05, 0.1) is 30.5 Å². The zero-order valence-corrected chi connectivity index (χ0v) is 57.4. The number of carbonyl (C=O) groups is 12. The molecule has 2 unspecified atom stereocenters. The molecule has 0 spiro atoms. The highest BCUT2D eigenvalue weighted by atomic mass is 16.2. The van der Waals surface area contributed by atoms with Crippen molar-refractivity contribution in [2.75, 3.05) is 13.1 Å². The van der Waals surface area contributed by atoms with Crippen LogP contribution in [0.4, 0.5) is 0 Å². The summed E-state index contributed by atoms with van der Waals surface area (Å²) >= 11 is 0. The summed E-state index contributed by atoms with van der Waals surface area (Å²) in [6.45, 7) is 20.6. The van der Waals surface area contributed by atoms with Crippen molar-refractivity contribution in [2.24, 2.45) is 47.3 Å². The van der Waals surface area contributed by atoms with Gasteiger partial charge in [0.15, 0.2) is 0 Å². The first-order valence-electron chi connectivity index (χ1n) is 34.5. The van der Waals surface area contributed by atoms with Crippen LogP contribution in [0.5, 0.6) is 0 Å². The molecule has 5 fully saturated rings. The van der Waals surface area contributed by atoms with Gasteiger partial charge in [0.1, 0.15) is 47.6 Å². The van der Waals surface area contributed by atoms with E-state index >= 15 is 0 Å². The maximum absolute atomic E-state index is 14.3. The predicted molar refractivity (Wildman–Crippen MR) is 355 cm³/mol. The molecule has 8 rings (SSSR count). The smallest absolute Gasteiger partial charge is 0.290 e. The van der Waals surface area contributed by atoms with Crippen LogP contribution < -0.4 is 42.5 Å². The molecule has 3 saturated carbocycles. The van der Waals surface area contributed by atoms with Crippen LogP contribution in [-0.2, 0) is 47.9 Å². The van der Waals surface area contributed by atoms with Gasteiger partial charge in [-0.15, -0.1) is 0 Å². The highest BCUT2D eigenvalue weighted by Crippen LogP contribution is 2.44. The van der Waals surface area contributed by atoms with Crippen LogP contribution in [0.1, 0.15) is 192 Å². The number of ketones is 2. The molecular formula is C70H100N14O12. The van der Waals surface area contributed by atoms with Crippen molar-refractivity contribution in [2.45, 2.75) is 220 Å². The van der Waals surface area contributed by atoms with Crippen LogP contribution in [-0.4, -0.2) is 168 Å². The molecule has 0 radical (unpaired) electrons. The summed E-state index contributed by atoms with van der Waals surface area (Å²) < 4.78 is 0. The highest BCUT2D eigenvalue weighted by Gasteiger charge is 2.53. The molecule has 5 aliphatic rings. The van der Waals surface area contributed by atoms with Crippen molar-refractivity contribution in [3.8, 4) is 0 Å². The Hall–Kier alpha value is -8.58. The van der Waals surface area contributed by atoms with Gasteiger partial charge in [-0.25, -0.2) is 9.97 Å². The van der Waals surface area contributed by atoms with E-state index < -0.39 is 119 Å². The molecule has 0 bridgehead atoms. The van der Waals surface area contributed by atoms with E-state index in [-0.39, 0.29) is 77.1 Å². The Morgan fingerprint density at radius 1 is 0.469 bits per heavy atom. The molecule has 26 nitrogen and oxygen atoms in total. The molecule has 8 N–H and O–H groups in total. The van der Waals surface area contributed by atoms with Gasteiger partial charge in [0.2, 0.25) is 47.0 Å². The number of hydrogen-bond donors (Lipinski definition) is 8. The SMILES string of the molecule is CCCC(NC(=O)[C@@H]1[C@H]2CCC[C@H]2CN1C(=O)[C@@H](NC(=O)[C@@H](NC(=O)c1cnccn1)C(C)C)C(C)C)C(=O)C(=O)NC1CCC1.CCCC(NC(=O)[C@@H]1[C@H]2CCC[C@H]2CN1C(=O)[C@@H](NC(=O)[C@@H](NC(=O)c1cnccn1)C(C)C)C(C)C)C(=O)C(=O)N[C@@H](C)c1ccccc1. The fourth-order valence-corrected chi connectivity index (χ4v) is 13.8. The van der Waals surface area contributed by atoms with E-state index in [0.29, 0.717) is 32.4 Å². The summed E-state index contributed by atoms with van der Waals surface area (Å²) in [7, 11) is 0. The second-order valence-corrected chi connectivity index (χ2v) is 27.7. The number of carbonyl (C=O) groups excluding carboxylic acids is 12. The molecule has 522 valence electrons. The van der Waals surface area contributed by atoms with Crippen molar-refractivity contribution in [1.29, 1.82) is 0 Å². The quantitative estimate of drug-likeness (QED) is 0.0450. The van der Waals surface area contributed by atoms with Crippen molar-refractivity contribution in [3.63, 3.8) is 0 Å². The summed E-state index contributed by atoms with van der Waals surface area (Å²) in [4.78, 5) is 181. The van der Waals surface area contributed by atoms with Gasteiger partial charge >= 0.3 is 0 Å². The van der Waals surface area contributed by atoms with E-state index in [1.165, 1.54) is 37.2 Å². The van der Waals surface area contributed by atoms with Crippen molar-refractivity contribution in [3.05, 3.63) is 84.5 Å². The summed E-state index contributed by atoms with van der Waals surface area (Å²) in [5.74, 6) is -8.03. The first-order valence-corrected chi connectivity index (χ1v) is 34.5. The predicted octanol–water partition coefficient (Wildman–Crippen LogP) is 4.25. The number of hydrogen-bond acceptors (Lipinski definition) is 16. The van der Waals surface area contributed by atoms with Gasteiger partial charge in [-0.3, -0.25) is 67.5 Å². The third-order valence-electron chi connectivity index (χ3n) is 19.4. The maximum atomic E-state index is 14.3. The number of fused-ring (bicyclic) bond motifs is 2. The van der Waals surface area contributed by atoms with Crippen LogP contribution in [0.15, 0.2) is 67.5 Å². The third kappa shape index (κ3) is 18.9.